The molecule has 0 radical (unpaired) electrons. The third-order valence-electron chi connectivity index (χ3n) is 1.46. The van der Waals surface area contributed by atoms with Crippen LogP contribution in [0.2, 0.25) is 0 Å². The molecule has 4 nitrogen and oxygen atoms in total. The summed E-state index contributed by atoms with van der Waals surface area (Å²) in [5.74, 6) is -0.881. The van der Waals surface area contributed by atoms with Gasteiger partial charge in [0.15, 0.2) is 5.16 Å². The SMILES string of the molecule is CC(C)(Sc1ncc(Br)cn1)C(=O)O. The average Bonchev–Trinajstić information content (AvgIpc) is 2.08. The molecule has 0 fully saturated rings. The zero-order chi connectivity index (χ0) is 10.8. The van der Waals surface area contributed by atoms with Gasteiger partial charge in [-0.3, -0.25) is 4.79 Å². The van der Waals surface area contributed by atoms with Crippen molar-refractivity contribution in [2.45, 2.75) is 23.8 Å². The fraction of sp³-hybridized carbons (Fsp3) is 0.375. The van der Waals surface area contributed by atoms with Crippen molar-refractivity contribution in [2.75, 3.05) is 0 Å². The Morgan fingerprint density at radius 3 is 2.43 bits per heavy atom. The van der Waals surface area contributed by atoms with Gasteiger partial charge in [0, 0.05) is 12.4 Å². The second kappa shape index (κ2) is 4.27. The van der Waals surface area contributed by atoms with E-state index in [4.69, 9.17) is 5.11 Å². The Labute approximate surface area is 94.3 Å². The second-order valence-corrected chi connectivity index (χ2v) is 5.61. The van der Waals surface area contributed by atoms with Gasteiger partial charge in [-0.2, -0.15) is 0 Å². The Hall–Kier alpha value is -0.620. The molecule has 1 heterocycles. The molecule has 0 aliphatic heterocycles. The summed E-state index contributed by atoms with van der Waals surface area (Å²) in [6.07, 6.45) is 3.18. The maximum Gasteiger partial charge on any atom is 0.319 e. The molecule has 1 N–H and O–H groups in total. The van der Waals surface area contributed by atoms with Crippen molar-refractivity contribution < 1.29 is 9.90 Å². The number of carbonyl (C=O) groups is 1. The van der Waals surface area contributed by atoms with E-state index in [1.54, 1.807) is 26.2 Å². The Balaban J connectivity index is 2.79. The minimum Gasteiger partial charge on any atom is -0.480 e. The summed E-state index contributed by atoms with van der Waals surface area (Å²) in [6, 6.07) is 0. The van der Waals surface area contributed by atoms with E-state index in [1.807, 2.05) is 0 Å². The van der Waals surface area contributed by atoms with Gasteiger partial charge >= 0.3 is 5.97 Å². The highest BCUT2D eigenvalue weighted by atomic mass is 79.9. The zero-order valence-corrected chi connectivity index (χ0v) is 10.1. The highest BCUT2D eigenvalue weighted by molar-refractivity contribution is 9.10. The van der Waals surface area contributed by atoms with E-state index >= 15 is 0 Å². The molecule has 0 saturated carbocycles. The number of hydrogen-bond donors (Lipinski definition) is 1. The first kappa shape index (κ1) is 11.5. The van der Waals surface area contributed by atoms with E-state index in [0.717, 1.165) is 16.2 Å². The van der Waals surface area contributed by atoms with Crippen LogP contribution in [0, 0.1) is 0 Å². The molecule has 0 amide bonds. The molecule has 0 saturated heterocycles. The molecule has 76 valence electrons. The largest absolute Gasteiger partial charge is 0.480 e. The number of aliphatic carboxylic acids is 1. The fourth-order valence-corrected chi connectivity index (χ4v) is 1.58. The van der Waals surface area contributed by atoms with Crippen molar-refractivity contribution in [2.24, 2.45) is 0 Å². The average molecular weight is 277 g/mol. The lowest BCUT2D eigenvalue weighted by Gasteiger charge is -2.16. The number of carboxylic acid groups (broad SMARTS) is 1. The Kier molecular flexibility index (Phi) is 3.49. The van der Waals surface area contributed by atoms with Gasteiger partial charge in [0.2, 0.25) is 0 Å². The minimum absolute atomic E-state index is 0.459. The van der Waals surface area contributed by atoms with Crippen LogP contribution in [0.1, 0.15) is 13.8 Å². The number of nitrogens with zero attached hydrogens (tertiary/aromatic N) is 2. The van der Waals surface area contributed by atoms with Crippen molar-refractivity contribution in [1.29, 1.82) is 0 Å². The highest BCUT2D eigenvalue weighted by Gasteiger charge is 2.29. The van der Waals surface area contributed by atoms with Crippen LogP contribution in [0.15, 0.2) is 22.0 Å². The van der Waals surface area contributed by atoms with Gasteiger partial charge in [-0.05, 0) is 29.8 Å². The van der Waals surface area contributed by atoms with Crippen molar-refractivity contribution >= 4 is 33.7 Å². The van der Waals surface area contributed by atoms with E-state index in [1.165, 1.54) is 0 Å². The predicted octanol–water partition coefficient (Wildman–Crippen LogP) is 2.19. The van der Waals surface area contributed by atoms with Crippen molar-refractivity contribution in [1.82, 2.24) is 9.97 Å². The first-order valence-electron chi connectivity index (χ1n) is 3.82. The molecular formula is C8H9BrN2O2S. The number of thioether (sulfide) groups is 1. The highest BCUT2D eigenvalue weighted by Crippen LogP contribution is 2.29. The Morgan fingerprint density at radius 1 is 1.50 bits per heavy atom. The molecule has 0 aromatic carbocycles. The molecule has 14 heavy (non-hydrogen) atoms. The minimum atomic E-state index is -0.909. The summed E-state index contributed by atoms with van der Waals surface area (Å²) in [6.45, 7) is 3.23. The molecule has 1 rings (SSSR count). The number of halogens is 1. The van der Waals surface area contributed by atoms with Gasteiger partial charge in [0.1, 0.15) is 4.75 Å². The van der Waals surface area contributed by atoms with Crippen LogP contribution in [0.3, 0.4) is 0 Å². The lowest BCUT2D eigenvalue weighted by molar-refractivity contribution is -0.138. The van der Waals surface area contributed by atoms with Gasteiger partial charge in [0.05, 0.1) is 4.47 Å². The topological polar surface area (TPSA) is 63.1 Å². The van der Waals surface area contributed by atoms with E-state index in [-0.39, 0.29) is 0 Å². The smallest absolute Gasteiger partial charge is 0.319 e. The van der Waals surface area contributed by atoms with Gasteiger partial charge in [0.25, 0.3) is 0 Å². The van der Waals surface area contributed by atoms with Crippen LogP contribution >= 0.6 is 27.7 Å². The summed E-state index contributed by atoms with van der Waals surface area (Å²) in [5.41, 5.74) is 0. The number of hydrogen-bond acceptors (Lipinski definition) is 4. The van der Waals surface area contributed by atoms with Gasteiger partial charge in [-0.1, -0.05) is 11.8 Å². The maximum atomic E-state index is 10.8. The zero-order valence-electron chi connectivity index (χ0n) is 7.69. The second-order valence-electron chi connectivity index (χ2n) is 3.10. The van der Waals surface area contributed by atoms with Crippen molar-refractivity contribution in [3.05, 3.63) is 16.9 Å². The quantitative estimate of drug-likeness (QED) is 0.677. The number of rotatable bonds is 3. The lowest BCUT2D eigenvalue weighted by Crippen LogP contribution is -2.27. The summed E-state index contributed by atoms with van der Waals surface area (Å²) in [5, 5.41) is 9.33. The van der Waals surface area contributed by atoms with Crippen LogP contribution in [0.25, 0.3) is 0 Å². The fourth-order valence-electron chi connectivity index (χ4n) is 0.625. The Bertz CT molecular complexity index is 340. The molecule has 1 aromatic rings. The summed E-state index contributed by atoms with van der Waals surface area (Å²) in [4.78, 5) is 18.8. The molecule has 0 bridgehead atoms. The van der Waals surface area contributed by atoms with Crippen molar-refractivity contribution in [3.8, 4) is 0 Å². The standard InChI is InChI=1S/C8H9BrN2O2S/c1-8(2,6(12)13)14-7-10-3-5(9)4-11-7/h3-4H,1-2H3,(H,12,13). The van der Waals surface area contributed by atoms with E-state index in [0.29, 0.717) is 5.16 Å². The first-order chi connectivity index (χ1) is 6.42. The maximum absolute atomic E-state index is 10.8. The van der Waals surface area contributed by atoms with Crippen LogP contribution in [0.5, 0.6) is 0 Å². The summed E-state index contributed by atoms with van der Waals surface area (Å²) in [7, 11) is 0. The molecule has 1 aromatic heterocycles. The lowest BCUT2D eigenvalue weighted by atomic mass is 10.2. The third kappa shape index (κ3) is 2.95. The number of aromatic nitrogens is 2. The van der Waals surface area contributed by atoms with Crippen molar-refractivity contribution in [3.63, 3.8) is 0 Å². The Morgan fingerprint density at radius 2 is 2.00 bits per heavy atom. The monoisotopic (exact) mass is 276 g/mol. The van der Waals surface area contributed by atoms with Crippen LogP contribution in [0.4, 0.5) is 0 Å². The predicted molar refractivity (Wildman–Crippen MR) is 57.3 cm³/mol. The van der Waals surface area contributed by atoms with E-state index in [9.17, 15) is 4.79 Å². The third-order valence-corrected chi connectivity index (χ3v) is 2.95. The number of carboxylic acids is 1. The van der Waals surface area contributed by atoms with Crippen LogP contribution in [-0.2, 0) is 4.79 Å². The normalized spacial score (nSPS) is 11.4. The molecular weight excluding hydrogens is 268 g/mol. The molecule has 0 spiro atoms. The van der Waals surface area contributed by atoms with Gasteiger partial charge in [-0.25, -0.2) is 9.97 Å². The van der Waals surface area contributed by atoms with Crippen LogP contribution in [-0.4, -0.2) is 25.8 Å². The molecule has 0 atom stereocenters. The first-order valence-corrected chi connectivity index (χ1v) is 5.43. The molecule has 0 unspecified atom stereocenters. The van der Waals surface area contributed by atoms with E-state index in [2.05, 4.69) is 25.9 Å². The van der Waals surface area contributed by atoms with Gasteiger partial charge in [-0.15, -0.1) is 0 Å². The summed E-state index contributed by atoms with van der Waals surface area (Å²) >= 11 is 4.32. The molecule has 0 aliphatic carbocycles. The van der Waals surface area contributed by atoms with Gasteiger partial charge < -0.3 is 5.11 Å². The molecule has 6 heteroatoms. The van der Waals surface area contributed by atoms with Crippen LogP contribution < -0.4 is 0 Å². The van der Waals surface area contributed by atoms with E-state index < -0.39 is 10.7 Å². The molecule has 0 aliphatic rings. The summed E-state index contributed by atoms with van der Waals surface area (Å²) < 4.78 is -0.136.